The normalized spacial score (nSPS) is 26.8. The number of halogens is 1. The van der Waals surface area contributed by atoms with Gasteiger partial charge in [-0.05, 0) is 31.6 Å². The van der Waals surface area contributed by atoms with Crippen LogP contribution in [-0.4, -0.2) is 28.5 Å². The van der Waals surface area contributed by atoms with Crippen molar-refractivity contribution >= 4 is 17.4 Å². The van der Waals surface area contributed by atoms with Crippen molar-refractivity contribution in [1.29, 1.82) is 0 Å². The van der Waals surface area contributed by atoms with Gasteiger partial charge in [0.2, 0.25) is 0 Å². The van der Waals surface area contributed by atoms with Gasteiger partial charge in [0.25, 0.3) is 5.56 Å². The fourth-order valence-electron chi connectivity index (χ4n) is 2.59. The van der Waals surface area contributed by atoms with E-state index in [1.807, 2.05) is 16.5 Å². The van der Waals surface area contributed by atoms with Crippen molar-refractivity contribution in [3.8, 4) is 0 Å². The van der Waals surface area contributed by atoms with Crippen molar-refractivity contribution in [2.24, 2.45) is 5.92 Å². The minimum absolute atomic E-state index is 0.0456. The number of hydrogen-bond donors (Lipinski definition) is 0. The fraction of sp³-hybridized carbons (Fsp3) is 0.692. The summed E-state index contributed by atoms with van der Waals surface area (Å²) in [4.78, 5) is 18.5. The van der Waals surface area contributed by atoms with E-state index >= 15 is 0 Å². The second-order valence-electron chi connectivity index (χ2n) is 5.51. The Bertz CT molecular complexity index is 491. The highest BCUT2D eigenvalue weighted by atomic mass is 35.5. The summed E-state index contributed by atoms with van der Waals surface area (Å²) in [5.41, 5.74) is 0.0456. The van der Waals surface area contributed by atoms with Crippen LogP contribution < -0.4 is 10.5 Å². The van der Waals surface area contributed by atoms with E-state index in [1.165, 1.54) is 0 Å². The molecule has 1 aromatic heterocycles. The molecular weight excluding hydrogens is 250 g/mol. The molecule has 0 unspecified atom stereocenters. The van der Waals surface area contributed by atoms with Gasteiger partial charge in [0.1, 0.15) is 0 Å². The second kappa shape index (κ2) is 4.57. The molecule has 1 heterocycles. The number of anilines is 1. The molecule has 0 aliphatic heterocycles. The second-order valence-corrected chi connectivity index (χ2v) is 6.13. The first kappa shape index (κ1) is 12.0. The molecule has 0 bridgehead atoms. The first-order chi connectivity index (χ1) is 8.65. The van der Waals surface area contributed by atoms with E-state index in [9.17, 15) is 4.79 Å². The van der Waals surface area contributed by atoms with Crippen LogP contribution >= 0.6 is 11.6 Å². The third-order valence-corrected chi connectivity index (χ3v) is 4.22. The van der Waals surface area contributed by atoms with Gasteiger partial charge in [-0.2, -0.15) is 0 Å². The average molecular weight is 268 g/mol. The number of rotatable bonds is 4. The number of aromatic nitrogens is 2. The first-order valence-electron chi connectivity index (χ1n) is 6.57. The van der Waals surface area contributed by atoms with Crippen LogP contribution in [0, 0.1) is 5.92 Å². The van der Waals surface area contributed by atoms with Crippen LogP contribution in [-0.2, 0) is 0 Å². The highest BCUT2D eigenvalue weighted by molar-refractivity contribution is 6.21. The fourth-order valence-corrected chi connectivity index (χ4v) is 3.10. The standard InChI is InChI=1S/C13H18ClN3O/c1-16(8-9-6-10(14)7-9)12-13(18)17(5-4-15-12)11-2-3-11/h4-5,9-11H,2-3,6-8H2,1H3. The Morgan fingerprint density at radius 1 is 1.50 bits per heavy atom. The molecule has 18 heavy (non-hydrogen) atoms. The van der Waals surface area contributed by atoms with E-state index in [0.29, 0.717) is 23.2 Å². The van der Waals surface area contributed by atoms with Crippen LogP contribution in [0.5, 0.6) is 0 Å². The molecule has 0 N–H and O–H groups in total. The maximum Gasteiger partial charge on any atom is 0.293 e. The lowest BCUT2D eigenvalue weighted by molar-refractivity contribution is 0.328. The van der Waals surface area contributed by atoms with Crippen LogP contribution in [0.15, 0.2) is 17.2 Å². The Labute approximate surface area is 112 Å². The Morgan fingerprint density at radius 3 is 2.83 bits per heavy atom. The van der Waals surface area contributed by atoms with Gasteiger partial charge in [-0.15, -0.1) is 11.6 Å². The van der Waals surface area contributed by atoms with Gasteiger partial charge in [0, 0.05) is 37.4 Å². The molecule has 2 aliphatic carbocycles. The van der Waals surface area contributed by atoms with Crippen molar-refractivity contribution in [3.63, 3.8) is 0 Å². The van der Waals surface area contributed by atoms with Crippen LogP contribution in [0.3, 0.4) is 0 Å². The zero-order chi connectivity index (χ0) is 12.7. The third-order valence-electron chi connectivity index (χ3n) is 3.86. The Hall–Kier alpha value is -1.03. The summed E-state index contributed by atoms with van der Waals surface area (Å²) < 4.78 is 1.82. The summed E-state index contributed by atoms with van der Waals surface area (Å²) in [6.07, 6.45) is 7.87. The quantitative estimate of drug-likeness (QED) is 0.784. The number of hydrogen-bond acceptors (Lipinski definition) is 3. The predicted molar refractivity (Wildman–Crippen MR) is 72.4 cm³/mol. The number of nitrogens with zero attached hydrogens (tertiary/aromatic N) is 3. The third kappa shape index (κ3) is 2.26. The summed E-state index contributed by atoms with van der Waals surface area (Å²) in [7, 11) is 1.95. The Kier molecular flexibility index (Phi) is 3.06. The van der Waals surface area contributed by atoms with Gasteiger partial charge >= 0.3 is 0 Å². The first-order valence-corrected chi connectivity index (χ1v) is 7.01. The maximum absolute atomic E-state index is 12.3. The van der Waals surface area contributed by atoms with Crippen molar-refractivity contribution in [2.75, 3.05) is 18.5 Å². The zero-order valence-electron chi connectivity index (χ0n) is 10.6. The van der Waals surface area contributed by atoms with Crippen molar-refractivity contribution in [1.82, 2.24) is 9.55 Å². The molecule has 0 amide bonds. The molecular formula is C13H18ClN3O. The highest BCUT2D eigenvalue weighted by Gasteiger charge is 2.30. The summed E-state index contributed by atoms with van der Waals surface area (Å²) in [5.74, 6) is 1.18. The van der Waals surface area contributed by atoms with Crippen molar-refractivity contribution in [2.45, 2.75) is 37.1 Å². The molecule has 0 atom stereocenters. The molecule has 98 valence electrons. The van der Waals surface area contributed by atoms with Crippen molar-refractivity contribution < 1.29 is 0 Å². The molecule has 5 heteroatoms. The summed E-state index contributed by atoms with van der Waals surface area (Å²) >= 11 is 5.98. The van der Waals surface area contributed by atoms with Gasteiger partial charge in [-0.1, -0.05) is 0 Å². The lowest BCUT2D eigenvalue weighted by Crippen LogP contribution is -2.38. The minimum atomic E-state index is 0.0456. The van der Waals surface area contributed by atoms with Crippen molar-refractivity contribution in [3.05, 3.63) is 22.7 Å². The monoisotopic (exact) mass is 267 g/mol. The Balaban J connectivity index is 1.74. The molecule has 4 nitrogen and oxygen atoms in total. The topological polar surface area (TPSA) is 38.1 Å². The van der Waals surface area contributed by atoms with E-state index in [4.69, 9.17) is 11.6 Å². The van der Waals surface area contributed by atoms with Crippen LogP contribution in [0.4, 0.5) is 5.82 Å². The van der Waals surface area contributed by atoms with Crippen LogP contribution in [0.1, 0.15) is 31.7 Å². The lowest BCUT2D eigenvalue weighted by Gasteiger charge is -2.34. The molecule has 3 rings (SSSR count). The van der Waals surface area contributed by atoms with E-state index in [1.54, 1.807) is 12.4 Å². The zero-order valence-corrected chi connectivity index (χ0v) is 11.3. The van der Waals surface area contributed by atoms with E-state index < -0.39 is 0 Å². The summed E-state index contributed by atoms with van der Waals surface area (Å²) in [6.45, 7) is 0.875. The van der Waals surface area contributed by atoms with Crippen LogP contribution in [0.2, 0.25) is 0 Å². The van der Waals surface area contributed by atoms with Crippen LogP contribution in [0.25, 0.3) is 0 Å². The SMILES string of the molecule is CN(CC1CC(Cl)C1)c1nccn(C2CC2)c1=O. The van der Waals surface area contributed by atoms with Gasteiger partial charge in [0.05, 0.1) is 0 Å². The lowest BCUT2D eigenvalue weighted by atomic mass is 9.84. The largest absolute Gasteiger partial charge is 0.355 e. The van der Waals surface area contributed by atoms with Gasteiger partial charge < -0.3 is 9.47 Å². The van der Waals surface area contributed by atoms with Gasteiger partial charge in [0.15, 0.2) is 5.82 Å². The summed E-state index contributed by atoms with van der Waals surface area (Å²) in [5, 5.41) is 0.329. The average Bonchev–Trinajstić information content (AvgIpc) is 3.11. The predicted octanol–water partition coefficient (Wildman–Crippen LogP) is 2.03. The Morgan fingerprint density at radius 2 is 2.22 bits per heavy atom. The van der Waals surface area contributed by atoms with Gasteiger partial charge in [-0.25, -0.2) is 4.98 Å². The minimum Gasteiger partial charge on any atom is -0.355 e. The van der Waals surface area contributed by atoms with E-state index in [0.717, 1.165) is 32.2 Å². The molecule has 2 saturated carbocycles. The van der Waals surface area contributed by atoms with E-state index in [-0.39, 0.29) is 5.56 Å². The molecule has 0 aromatic carbocycles. The molecule has 0 radical (unpaired) electrons. The molecule has 2 fully saturated rings. The molecule has 0 saturated heterocycles. The smallest absolute Gasteiger partial charge is 0.293 e. The highest BCUT2D eigenvalue weighted by Crippen LogP contribution is 2.34. The van der Waals surface area contributed by atoms with Gasteiger partial charge in [-0.3, -0.25) is 4.79 Å². The summed E-state index contributed by atoms with van der Waals surface area (Å²) in [6, 6.07) is 0.406. The molecule has 2 aliphatic rings. The molecule has 0 spiro atoms. The van der Waals surface area contributed by atoms with E-state index in [2.05, 4.69) is 4.98 Å². The molecule has 1 aromatic rings. The number of alkyl halides is 1. The maximum atomic E-state index is 12.3.